The molecule has 1 rings (SSSR count). The summed E-state index contributed by atoms with van der Waals surface area (Å²) in [4.78, 5) is 0. The summed E-state index contributed by atoms with van der Waals surface area (Å²) >= 11 is 0. The lowest BCUT2D eigenvalue weighted by atomic mass is 10.0. The van der Waals surface area contributed by atoms with Gasteiger partial charge in [0.05, 0.1) is 0 Å². The maximum Gasteiger partial charge on any atom is 0.248 e. The molecule has 1 aliphatic heterocycles. The van der Waals surface area contributed by atoms with Crippen molar-refractivity contribution in [3.05, 3.63) is 12.5 Å². The quantitative estimate of drug-likeness (QED) is 0.713. The standard InChI is InChI=1S/C10H19NO2/c1-3-4-5-9(11)8-10(2)12-6-7-13-10/h6-7,9H,3-5,8,11H2,1-2H3. The molecular weight excluding hydrogens is 166 g/mol. The zero-order valence-electron chi connectivity index (χ0n) is 8.45. The van der Waals surface area contributed by atoms with Crippen molar-refractivity contribution in [3.8, 4) is 0 Å². The van der Waals surface area contributed by atoms with E-state index in [2.05, 4.69) is 6.92 Å². The number of unbranched alkanes of at least 4 members (excludes halogenated alkanes) is 1. The Bertz CT molecular complexity index is 172. The summed E-state index contributed by atoms with van der Waals surface area (Å²) in [5.74, 6) is -0.521. The fourth-order valence-electron chi connectivity index (χ4n) is 1.51. The van der Waals surface area contributed by atoms with Crippen LogP contribution in [0.1, 0.15) is 39.5 Å². The highest BCUT2D eigenvalue weighted by molar-refractivity contribution is 4.83. The number of nitrogens with two attached hydrogens (primary N) is 1. The van der Waals surface area contributed by atoms with Crippen molar-refractivity contribution in [1.82, 2.24) is 0 Å². The topological polar surface area (TPSA) is 44.5 Å². The third-order valence-electron chi connectivity index (χ3n) is 2.25. The third-order valence-corrected chi connectivity index (χ3v) is 2.25. The van der Waals surface area contributed by atoms with E-state index in [0.717, 1.165) is 12.8 Å². The van der Waals surface area contributed by atoms with Crippen LogP contribution >= 0.6 is 0 Å². The highest BCUT2D eigenvalue weighted by Crippen LogP contribution is 2.25. The summed E-state index contributed by atoms with van der Waals surface area (Å²) in [6, 6.07) is 0.171. The van der Waals surface area contributed by atoms with Crippen molar-refractivity contribution in [2.45, 2.75) is 51.4 Å². The minimum atomic E-state index is -0.521. The number of hydrogen-bond donors (Lipinski definition) is 1. The molecular formula is C10H19NO2. The number of ether oxygens (including phenoxy) is 2. The Hall–Kier alpha value is -0.700. The molecule has 13 heavy (non-hydrogen) atoms. The first kappa shape index (κ1) is 10.4. The van der Waals surface area contributed by atoms with Crippen molar-refractivity contribution < 1.29 is 9.47 Å². The van der Waals surface area contributed by atoms with Crippen molar-refractivity contribution in [2.75, 3.05) is 0 Å². The van der Waals surface area contributed by atoms with E-state index >= 15 is 0 Å². The normalized spacial score (nSPS) is 20.8. The first-order valence-electron chi connectivity index (χ1n) is 4.92. The van der Waals surface area contributed by atoms with Gasteiger partial charge in [0.1, 0.15) is 12.5 Å². The van der Waals surface area contributed by atoms with Crippen LogP contribution in [0.2, 0.25) is 0 Å². The highest BCUT2D eigenvalue weighted by atomic mass is 16.7. The average Bonchev–Trinajstić information content (AvgIpc) is 2.48. The Morgan fingerprint density at radius 2 is 2.00 bits per heavy atom. The van der Waals surface area contributed by atoms with Gasteiger partial charge in [-0.05, 0) is 6.42 Å². The van der Waals surface area contributed by atoms with Crippen LogP contribution in [0.3, 0.4) is 0 Å². The maximum absolute atomic E-state index is 5.94. The minimum Gasteiger partial charge on any atom is -0.457 e. The Kier molecular flexibility index (Phi) is 3.60. The predicted molar refractivity (Wildman–Crippen MR) is 51.8 cm³/mol. The van der Waals surface area contributed by atoms with Crippen LogP contribution in [0, 0.1) is 0 Å². The van der Waals surface area contributed by atoms with Crippen molar-refractivity contribution in [2.24, 2.45) is 5.73 Å². The van der Waals surface area contributed by atoms with Gasteiger partial charge >= 0.3 is 0 Å². The van der Waals surface area contributed by atoms with E-state index in [9.17, 15) is 0 Å². The van der Waals surface area contributed by atoms with Gasteiger partial charge in [0.15, 0.2) is 0 Å². The van der Waals surface area contributed by atoms with E-state index in [1.54, 1.807) is 12.5 Å². The molecule has 0 aromatic heterocycles. The Balaban J connectivity index is 2.22. The fraction of sp³-hybridized carbons (Fsp3) is 0.800. The van der Waals surface area contributed by atoms with Crippen LogP contribution in [-0.4, -0.2) is 11.8 Å². The van der Waals surface area contributed by atoms with E-state index in [-0.39, 0.29) is 6.04 Å². The van der Waals surface area contributed by atoms with Crippen molar-refractivity contribution in [1.29, 1.82) is 0 Å². The van der Waals surface area contributed by atoms with Crippen LogP contribution in [-0.2, 0) is 9.47 Å². The monoisotopic (exact) mass is 185 g/mol. The van der Waals surface area contributed by atoms with Gasteiger partial charge in [-0.25, -0.2) is 0 Å². The lowest BCUT2D eigenvalue weighted by molar-refractivity contribution is -0.134. The molecule has 1 unspecified atom stereocenters. The maximum atomic E-state index is 5.94. The van der Waals surface area contributed by atoms with E-state index < -0.39 is 5.79 Å². The summed E-state index contributed by atoms with van der Waals surface area (Å²) in [6.07, 6.45) is 7.30. The molecule has 0 saturated heterocycles. The van der Waals surface area contributed by atoms with Crippen LogP contribution in [0.15, 0.2) is 12.5 Å². The molecule has 76 valence electrons. The molecule has 1 atom stereocenters. The average molecular weight is 185 g/mol. The zero-order chi connectivity index (χ0) is 9.73. The lowest BCUT2D eigenvalue weighted by Crippen LogP contribution is -2.35. The molecule has 0 aromatic carbocycles. The summed E-state index contributed by atoms with van der Waals surface area (Å²) in [5, 5.41) is 0. The van der Waals surface area contributed by atoms with E-state index in [4.69, 9.17) is 15.2 Å². The lowest BCUT2D eigenvalue weighted by Gasteiger charge is -2.26. The molecule has 0 spiro atoms. The molecule has 0 aliphatic carbocycles. The Labute approximate surface area is 79.9 Å². The van der Waals surface area contributed by atoms with E-state index in [0.29, 0.717) is 0 Å². The fourth-order valence-corrected chi connectivity index (χ4v) is 1.51. The second kappa shape index (κ2) is 4.51. The number of rotatable bonds is 5. The molecule has 1 aliphatic rings. The van der Waals surface area contributed by atoms with Gasteiger partial charge in [-0.3, -0.25) is 0 Å². The molecule has 0 bridgehead atoms. The smallest absolute Gasteiger partial charge is 0.248 e. The van der Waals surface area contributed by atoms with Gasteiger partial charge in [-0.2, -0.15) is 0 Å². The molecule has 0 saturated carbocycles. The SMILES string of the molecule is CCCCC(N)CC1(C)OC=CO1. The first-order chi connectivity index (χ1) is 6.16. The minimum absolute atomic E-state index is 0.171. The van der Waals surface area contributed by atoms with E-state index in [1.165, 1.54) is 12.8 Å². The summed E-state index contributed by atoms with van der Waals surface area (Å²) in [6.45, 7) is 4.08. The highest BCUT2D eigenvalue weighted by Gasteiger charge is 2.31. The second-order valence-electron chi connectivity index (χ2n) is 3.75. The number of hydrogen-bond acceptors (Lipinski definition) is 3. The molecule has 3 nitrogen and oxygen atoms in total. The van der Waals surface area contributed by atoms with Crippen LogP contribution in [0.25, 0.3) is 0 Å². The van der Waals surface area contributed by atoms with Gasteiger partial charge in [-0.1, -0.05) is 19.8 Å². The van der Waals surface area contributed by atoms with Crippen LogP contribution < -0.4 is 5.73 Å². The Morgan fingerprint density at radius 3 is 2.54 bits per heavy atom. The summed E-state index contributed by atoms with van der Waals surface area (Å²) in [7, 11) is 0. The molecule has 1 heterocycles. The zero-order valence-corrected chi connectivity index (χ0v) is 8.45. The molecule has 0 fully saturated rings. The second-order valence-corrected chi connectivity index (χ2v) is 3.75. The largest absolute Gasteiger partial charge is 0.457 e. The summed E-state index contributed by atoms with van der Waals surface area (Å²) in [5.41, 5.74) is 5.94. The van der Waals surface area contributed by atoms with Crippen LogP contribution in [0.4, 0.5) is 0 Å². The first-order valence-corrected chi connectivity index (χ1v) is 4.92. The van der Waals surface area contributed by atoms with E-state index in [1.807, 2.05) is 6.92 Å². The van der Waals surface area contributed by atoms with Gasteiger partial charge in [0.25, 0.3) is 0 Å². The van der Waals surface area contributed by atoms with Crippen LogP contribution in [0.5, 0.6) is 0 Å². The van der Waals surface area contributed by atoms with Gasteiger partial charge in [-0.15, -0.1) is 0 Å². The Morgan fingerprint density at radius 1 is 1.38 bits per heavy atom. The van der Waals surface area contributed by atoms with Gasteiger partial charge in [0.2, 0.25) is 5.79 Å². The molecule has 3 heteroatoms. The third kappa shape index (κ3) is 3.27. The van der Waals surface area contributed by atoms with Crippen molar-refractivity contribution >= 4 is 0 Å². The van der Waals surface area contributed by atoms with Gasteiger partial charge in [0, 0.05) is 19.4 Å². The summed E-state index contributed by atoms with van der Waals surface area (Å²) < 4.78 is 10.6. The van der Waals surface area contributed by atoms with Gasteiger partial charge < -0.3 is 15.2 Å². The molecule has 0 amide bonds. The molecule has 0 aromatic rings. The molecule has 0 radical (unpaired) electrons. The van der Waals surface area contributed by atoms with Crippen molar-refractivity contribution in [3.63, 3.8) is 0 Å². The molecule has 2 N–H and O–H groups in total. The predicted octanol–water partition coefficient (Wildman–Crippen LogP) is 2.13.